The Bertz CT molecular complexity index is 457. The van der Waals surface area contributed by atoms with Gasteiger partial charge in [-0.3, -0.25) is 0 Å². The summed E-state index contributed by atoms with van der Waals surface area (Å²) in [6, 6.07) is 4.00. The first-order valence-corrected chi connectivity index (χ1v) is 6.72. The van der Waals surface area contributed by atoms with Gasteiger partial charge in [-0.05, 0) is 31.9 Å². The third-order valence-corrected chi connectivity index (χ3v) is 2.95. The maximum absolute atomic E-state index is 10.7. The fourth-order valence-electron chi connectivity index (χ4n) is 1.65. The number of ether oxygens (including phenoxy) is 1. The number of nitrogens with two attached hydrogens (primary N) is 1. The quantitative estimate of drug-likeness (QED) is 0.866. The van der Waals surface area contributed by atoms with Crippen LogP contribution in [0.2, 0.25) is 0 Å². The zero-order valence-corrected chi connectivity index (χ0v) is 10.6. The number of hydrogen-bond acceptors (Lipinski definition) is 3. The predicted octanol–water partition coefficient (Wildman–Crippen LogP) is 1.28. The highest BCUT2D eigenvalue weighted by molar-refractivity contribution is 7.89. The van der Waals surface area contributed by atoms with E-state index in [1.165, 1.54) is 0 Å². The number of primary sulfonamides is 1. The molecule has 0 aliphatic rings. The summed E-state index contributed by atoms with van der Waals surface area (Å²) in [5.74, 6) is 0.578. The number of hydrogen-bond donors (Lipinski definition) is 1. The van der Waals surface area contributed by atoms with Crippen molar-refractivity contribution in [2.24, 2.45) is 5.14 Å². The molecule has 0 saturated heterocycles. The van der Waals surface area contributed by atoms with E-state index in [0.29, 0.717) is 0 Å². The second kappa shape index (κ2) is 4.84. The average Bonchev–Trinajstić information content (AvgIpc) is 2.07. The second-order valence-electron chi connectivity index (χ2n) is 3.94. The van der Waals surface area contributed by atoms with Crippen molar-refractivity contribution in [3.8, 4) is 5.75 Å². The second-order valence-corrected chi connectivity index (χ2v) is 5.68. The fraction of sp³-hybridized carbons (Fsp3) is 0.455. The minimum Gasteiger partial charge on any atom is -0.492 e. The van der Waals surface area contributed by atoms with Gasteiger partial charge in [0.1, 0.15) is 12.4 Å². The average molecular weight is 243 g/mol. The Balaban J connectivity index is 2.75. The van der Waals surface area contributed by atoms with Gasteiger partial charge in [-0.15, -0.1) is 0 Å². The molecule has 1 aromatic carbocycles. The van der Waals surface area contributed by atoms with Crippen LogP contribution in [0.1, 0.15) is 16.7 Å². The Morgan fingerprint density at radius 3 is 2.12 bits per heavy atom. The summed E-state index contributed by atoms with van der Waals surface area (Å²) in [5.41, 5.74) is 3.17. The van der Waals surface area contributed by atoms with Crippen LogP contribution in [0.3, 0.4) is 0 Å². The number of rotatable bonds is 4. The van der Waals surface area contributed by atoms with Crippen LogP contribution in [0.4, 0.5) is 0 Å². The molecule has 0 unspecified atom stereocenters. The molecule has 0 heterocycles. The summed E-state index contributed by atoms with van der Waals surface area (Å²) in [6.07, 6.45) is 0. The molecule has 0 amide bonds. The first kappa shape index (κ1) is 13.0. The van der Waals surface area contributed by atoms with Crippen molar-refractivity contribution in [3.63, 3.8) is 0 Å². The third kappa shape index (κ3) is 3.83. The van der Waals surface area contributed by atoms with Gasteiger partial charge in [0.05, 0.1) is 5.75 Å². The van der Waals surface area contributed by atoms with E-state index in [1.807, 2.05) is 32.9 Å². The Morgan fingerprint density at radius 2 is 1.69 bits per heavy atom. The maximum Gasteiger partial charge on any atom is 0.212 e. The van der Waals surface area contributed by atoms with Crippen LogP contribution >= 0.6 is 0 Å². The van der Waals surface area contributed by atoms with Crippen molar-refractivity contribution in [2.75, 3.05) is 12.4 Å². The fourth-order valence-corrected chi connectivity index (χ4v) is 1.97. The molecular weight excluding hydrogens is 226 g/mol. The molecule has 0 aromatic heterocycles. The molecular formula is C11H17NO3S. The van der Waals surface area contributed by atoms with Crippen LogP contribution in [0.5, 0.6) is 5.75 Å². The molecule has 1 rings (SSSR count). The molecule has 1 aromatic rings. The lowest BCUT2D eigenvalue weighted by atomic mass is 10.1. The van der Waals surface area contributed by atoms with Crippen LogP contribution in [0.15, 0.2) is 12.1 Å². The van der Waals surface area contributed by atoms with E-state index in [-0.39, 0.29) is 12.4 Å². The Kier molecular flexibility index (Phi) is 3.93. The summed E-state index contributed by atoms with van der Waals surface area (Å²) in [4.78, 5) is 0. The minimum absolute atomic E-state index is 0.0869. The lowest BCUT2D eigenvalue weighted by Gasteiger charge is -2.12. The van der Waals surface area contributed by atoms with E-state index in [2.05, 4.69) is 0 Å². The molecule has 0 atom stereocenters. The van der Waals surface area contributed by atoms with Gasteiger partial charge in [0.25, 0.3) is 0 Å². The van der Waals surface area contributed by atoms with Gasteiger partial charge < -0.3 is 4.74 Å². The molecule has 0 spiro atoms. The largest absolute Gasteiger partial charge is 0.492 e. The molecule has 0 aliphatic carbocycles. The molecule has 90 valence electrons. The summed E-state index contributed by atoms with van der Waals surface area (Å²) in [7, 11) is -3.45. The van der Waals surface area contributed by atoms with Crippen molar-refractivity contribution in [2.45, 2.75) is 20.8 Å². The smallest absolute Gasteiger partial charge is 0.212 e. The van der Waals surface area contributed by atoms with Gasteiger partial charge in [-0.25, -0.2) is 13.6 Å². The van der Waals surface area contributed by atoms with E-state index in [1.54, 1.807) is 0 Å². The van der Waals surface area contributed by atoms with Gasteiger partial charge in [-0.1, -0.05) is 17.7 Å². The van der Waals surface area contributed by atoms with E-state index in [4.69, 9.17) is 9.88 Å². The maximum atomic E-state index is 10.7. The van der Waals surface area contributed by atoms with Crippen LogP contribution in [-0.4, -0.2) is 20.8 Å². The lowest BCUT2D eigenvalue weighted by Crippen LogP contribution is -2.21. The first-order valence-electron chi connectivity index (χ1n) is 5.01. The number of sulfonamides is 1. The lowest BCUT2D eigenvalue weighted by molar-refractivity contribution is 0.336. The SMILES string of the molecule is Cc1cc(C)c(OCCS(N)(=O)=O)c(C)c1. The third-order valence-electron chi connectivity index (χ3n) is 2.22. The first-order chi connectivity index (χ1) is 7.29. The molecule has 0 saturated carbocycles. The topological polar surface area (TPSA) is 69.4 Å². The Labute approximate surface area is 96.5 Å². The number of benzene rings is 1. The summed E-state index contributed by atoms with van der Waals surface area (Å²) in [5, 5.41) is 4.89. The summed E-state index contributed by atoms with van der Waals surface area (Å²) >= 11 is 0. The van der Waals surface area contributed by atoms with Gasteiger partial charge in [0, 0.05) is 0 Å². The molecule has 16 heavy (non-hydrogen) atoms. The van der Waals surface area contributed by atoms with Gasteiger partial charge >= 0.3 is 0 Å². The van der Waals surface area contributed by atoms with Gasteiger partial charge in [0.2, 0.25) is 10.0 Å². The highest BCUT2D eigenvalue weighted by Gasteiger charge is 2.07. The molecule has 0 bridgehead atoms. The highest BCUT2D eigenvalue weighted by atomic mass is 32.2. The van der Waals surface area contributed by atoms with Crippen molar-refractivity contribution in [1.82, 2.24) is 0 Å². The Hall–Kier alpha value is -1.07. The molecule has 0 aliphatic heterocycles. The molecule has 5 heteroatoms. The van der Waals surface area contributed by atoms with Crippen molar-refractivity contribution < 1.29 is 13.2 Å². The van der Waals surface area contributed by atoms with Crippen molar-refractivity contribution in [3.05, 3.63) is 28.8 Å². The molecule has 0 fully saturated rings. The zero-order chi connectivity index (χ0) is 12.3. The van der Waals surface area contributed by atoms with E-state index < -0.39 is 10.0 Å². The standard InChI is InChI=1S/C11H17NO3S/c1-8-6-9(2)11(10(3)7-8)15-4-5-16(12,13)14/h6-7H,4-5H2,1-3H3,(H2,12,13,14). The van der Waals surface area contributed by atoms with Crippen molar-refractivity contribution in [1.29, 1.82) is 0 Å². The van der Waals surface area contributed by atoms with Crippen LogP contribution < -0.4 is 9.88 Å². The van der Waals surface area contributed by atoms with E-state index in [9.17, 15) is 8.42 Å². The van der Waals surface area contributed by atoms with Gasteiger partial charge in [-0.2, -0.15) is 0 Å². The van der Waals surface area contributed by atoms with Crippen LogP contribution in [-0.2, 0) is 10.0 Å². The highest BCUT2D eigenvalue weighted by Crippen LogP contribution is 2.24. The van der Waals surface area contributed by atoms with Crippen molar-refractivity contribution >= 4 is 10.0 Å². The Morgan fingerprint density at radius 1 is 1.19 bits per heavy atom. The molecule has 2 N–H and O–H groups in total. The van der Waals surface area contributed by atoms with Crippen LogP contribution in [0, 0.1) is 20.8 Å². The van der Waals surface area contributed by atoms with E-state index >= 15 is 0 Å². The normalized spacial score (nSPS) is 11.5. The summed E-state index contributed by atoms with van der Waals surface area (Å²) < 4.78 is 26.9. The monoisotopic (exact) mass is 243 g/mol. The predicted molar refractivity (Wildman–Crippen MR) is 64.1 cm³/mol. The van der Waals surface area contributed by atoms with Gasteiger partial charge in [0.15, 0.2) is 0 Å². The number of aryl methyl sites for hydroxylation is 3. The minimum atomic E-state index is -3.45. The molecule has 4 nitrogen and oxygen atoms in total. The van der Waals surface area contributed by atoms with E-state index in [0.717, 1.165) is 22.4 Å². The van der Waals surface area contributed by atoms with Crippen LogP contribution in [0.25, 0.3) is 0 Å². The zero-order valence-electron chi connectivity index (χ0n) is 9.78. The molecule has 0 radical (unpaired) electrons. The summed E-state index contributed by atoms with van der Waals surface area (Å²) in [6.45, 7) is 5.97.